The van der Waals surface area contributed by atoms with E-state index < -0.39 is 111 Å². The molecule has 0 aromatic carbocycles. The lowest BCUT2D eigenvalue weighted by atomic mass is 9.73. The van der Waals surface area contributed by atoms with Crippen LogP contribution >= 0.6 is 0 Å². The first kappa shape index (κ1) is 32.8. The largest absolute Gasteiger partial charge is 0.394 e. The second kappa shape index (κ2) is 13.8. The van der Waals surface area contributed by atoms with Gasteiger partial charge in [-0.1, -0.05) is 0 Å². The van der Waals surface area contributed by atoms with Gasteiger partial charge in [0.15, 0.2) is 12.6 Å². The van der Waals surface area contributed by atoms with Gasteiger partial charge in [0.1, 0.15) is 48.8 Å². The predicted molar refractivity (Wildman–Crippen MR) is 137 cm³/mol. The summed E-state index contributed by atoms with van der Waals surface area (Å²) in [7, 11) is 0. The standard InChI is InChI=1S/C27H46O15/c28-8-17-19(32)21(34)23(36)26(41-17)38-9-18-20(33)22(35)24(37)27(42-18)40-16-7-13-14(31)5-12(30)6-15(13)39-25(16)10-1-3-11(29)4-2-10/h10-37H,1-9H2. The van der Waals surface area contributed by atoms with Gasteiger partial charge in [0.25, 0.3) is 0 Å². The van der Waals surface area contributed by atoms with Gasteiger partial charge in [-0.15, -0.1) is 0 Å². The molecular weight excluding hydrogens is 564 g/mol. The van der Waals surface area contributed by atoms with Crippen LogP contribution in [-0.2, 0) is 23.7 Å². The molecule has 3 saturated heterocycles. The number of aliphatic hydroxyl groups excluding tert-OH is 10. The van der Waals surface area contributed by atoms with Gasteiger partial charge in [0, 0.05) is 5.92 Å². The third-order valence-corrected chi connectivity index (χ3v) is 9.65. The molecule has 0 bridgehead atoms. The van der Waals surface area contributed by atoms with Crippen molar-refractivity contribution < 1.29 is 74.7 Å². The Bertz CT molecular complexity index is 857. The van der Waals surface area contributed by atoms with E-state index in [4.69, 9.17) is 23.7 Å². The van der Waals surface area contributed by atoms with E-state index in [2.05, 4.69) is 0 Å². The van der Waals surface area contributed by atoms with Crippen molar-refractivity contribution in [3.05, 3.63) is 0 Å². The Kier molecular flexibility index (Phi) is 10.8. The van der Waals surface area contributed by atoms with Crippen LogP contribution in [0.1, 0.15) is 44.9 Å². The molecule has 0 aromatic rings. The Morgan fingerprint density at radius 1 is 0.595 bits per heavy atom. The molecule has 0 aromatic heterocycles. The fourth-order valence-corrected chi connectivity index (χ4v) is 7.11. The summed E-state index contributed by atoms with van der Waals surface area (Å²) >= 11 is 0. The zero-order valence-electron chi connectivity index (χ0n) is 23.3. The van der Waals surface area contributed by atoms with Gasteiger partial charge in [-0.25, -0.2) is 0 Å². The van der Waals surface area contributed by atoms with Crippen molar-refractivity contribution in [2.75, 3.05) is 13.2 Å². The highest BCUT2D eigenvalue weighted by Gasteiger charge is 2.52. The van der Waals surface area contributed by atoms with Gasteiger partial charge in [-0.3, -0.25) is 0 Å². The maximum atomic E-state index is 10.8. The van der Waals surface area contributed by atoms with E-state index in [9.17, 15) is 51.1 Å². The number of ether oxygens (including phenoxy) is 5. The highest BCUT2D eigenvalue weighted by molar-refractivity contribution is 4.98. The summed E-state index contributed by atoms with van der Waals surface area (Å²) in [6, 6.07) is 0. The van der Waals surface area contributed by atoms with Gasteiger partial charge in [0.05, 0.1) is 49.8 Å². The summed E-state index contributed by atoms with van der Waals surface area (Å²) in [5.41, 5.74) is 0. The molecule has 0 spiro atoms. The summed E-state index contributed by atoms with van der Waals surface area (Å²) < 4.78 is 29.3. The smallest absolute Gasteiger partial charge is 0.187 e. The zero-order chi connectivity index (χ0) is 30.3. The van der Waals surface area contributed by atoms with E-state index >= 15 is 0 Å². The van der Waals surface area contributed by atoms with Gasteiger partial charge in [-0.2, -0.15) is 0 Å². The van der Waals surface area contributed by atoms with Crippen molar-refractivity contribution in [3.63, 3.8) is 0 Å². The lowest BCUT2D eigenvalue weighted by Gasteiger charge is -2.51. The van der Waals surface area contributed by atoms with E-state index in [1.165, 1.54) is 0 Å². The number of fused-ring (bicyclic) bond motifs is 1. The van der Waals surface area contributed by atoms with Crippen molar-refractivity contribution in [1.29, 1.82) is 0 Å². The molecule has 16 unspecified atom stereocenters. The van der Waals surface area contributed by atoms with Crippen LogP contribution in [0.3, 0.4) is 0 Å². The molecule has 42 heavy (non-hydrogen) atoms. The molecule has 10 N–H and O–H groups in total. The SMILES string of the molecule is OCC1OC(OCC2OC(OC3CC4C(O)CC(O)CC4OC3C3CCC(O)CC3)C(O)C(O)C2O)C(O)C(O)C1O. The van der Waals surface area contributed by atoms with Crippen molar-refractivity contribution >= 4 is 0 Å². The quantitative estimate of drug-likeness (QED) is 0.131. The van der Waals surface area contributed by atoms with Gasteiger partial charge in [0.2, 0.25) is 0 Å². The summed E-state index contributed by atoms with van der Waals surface area (Å²) in [6.07, 6.45) is -15.5. The normalized spacial score (nSPS) is 53.9. The van der Waals surface area contributed by atoms with Crippen LogP contribution in [0.15, 0.2) is 0 Å². The van der Waals surface area contributed by atoms with E-state index in [1.807, 2.05) is 0 Å². The Hall–Kier alpha value is -0.600. The Balaban J connectivity index is 1.28. The number of hydrogen-bond donors (Lipinski definition) is 10. The van der Waals surface area contributed by atoms with E-state index in [0.717, 1.165) is 0 Å². The summed E-state index contributed by atoms with van der Waals surface area (Å²) in [5, 5.41) is 103. The fourth-order valence-electron chi connectivity index (χ4n) is 7.11. The third kappa shape index (κ3) is 6.80. The third-order valence-electron chi connectivity index (χ3n) is 9.65. The predicted octanol–water partition coefficient (Wildman–Crippen LogP) is -4.16. The van der Waals surface area contributed by atoms with Crippen LogP contribution in [-0.4, -0.2) is 162 Å². The minimum atomic E-state index is -1.71. The van der Waals surface area contributed by atoms with Crippen LogP contribution in [0, 0.1) is 11.8 Å². The summed E-state index contributed by atoms with van der Waals surface area (Å²) in [5.74, 6) is -0.345. The maximum absolute atomic E-state index is 10.8. The van der Waals surface area contributed by atoms with Crippen molar-refractivity contribution in [3.8, 4) is 0 Å². The first-order valence-corrected chi connectivity index (χ1v) is 14.9. The molecular formula is C27H46O15. The zero-order valence-corrected chi connectivity index (χ0v) is 23.3. The molecule has 0 amide bonds. The molecule has 2 aliphatic carbocycles. The molecule has 3 heterocycles. The Morgan fingerprint density at radius 3 is 1.88 bits per heavy atom. The summed E-state index contributed by atoms with van der Waals surface area (Å²) in [4.78, 5) is 0. The first-order valence-electron chi connectivity index (χ1n) is 14.9. The molecule has 5 rings (SSSR count). The molecule has 3 aliphatic heterocycles. The molecule has 15 heteroatoms. The highest BCUT2D eigenvalue weighted by atomic mass is 16.7. The molecule has 0 radical (unpaired) electrons. The van der Waals surface area contributed by atoms with Gasteiger partial charge in [-0.05, 0) is 50.9 Å². The topological polar surface area (TPSA) is 248 Å². The molecule has 16 atom stereocenters. The van der Waals surface area contributed by atoms with Gasteiger partial charge >= 0.3 is 0 Å². The van der Waals surface area contributed by atoms with Crippen LogP contribution < -0.4 is 0 Å². The molecule has 5 aliphatic rings. The Labute approximate surface area is 243 Å². The number of rotatable bonds is 7. The molecule has 5 fully saturated rings. The lowest BCUT2D eigenvalue weighted by Crippen LogP contribution is -2.63. The van der Waals surface area contributed by atoms with Crippen molar-refractivity contribution in [2.24, 2.45) is 11.8 Å². The summed E-state index contributed by atoms with van der Waals surface area (Å²) in [6.45, 7) is -1.14. The average Bonchev–Trinajstić information content (AvgIpc) is 2.97. The average molecular weight is 611 g/mol. The van der Waals surface area contributed by atoms with Crippen LogP contribution in [0.5, 0.6) is 0 Å². The monoisotopic (exact) mass is 610 g/mol. The fraction of sp³-hybridized carbons (Fsp3) is 1.00. The van der Waals surface area contributed by atoms with Crippen molar-refractivity contribution in [2.45, 2.75) is 143 Å². The molecule has 15 nitrogen and oxygen atoms in total. The molecule has 244 valence electrons. The second-order valence-corrected chi connectivity index (χ2v) is 12.5. The molecule has 2 saturated carbocycles. The first-order chi connectivity index (χ1) is 20.0. The number of hydrogen-bond acceptors (Lipinski definition) is 15. The van der Waals surface area contributed by atoms with E-state index in [-0.39, 0.29) is 18.3 Å². The highest BCUT2D eigenvalue weighted by Crippen LogP contribution is 2.43. The van der Waals surface area contributed by atoms with Gasteiger partial charge < -0.3 is 74.7 Å². The van der Waals surface area contributed by atoms with E-state index in [1.54, 1.807) is 0 Å². The Morgan fingerprint density at radius 2 is 1.21 bits per heavy atom. The minimum absolute atomic E-state index is 0.00266. The van der Waals surface area contributed by atoms with Crippen molar-refractivity contribution in [1.82, 2.24) is 0 Å². The van der Waals surface area contributed by atoms with Crippen LogP contribution in [0.2, 0.25) is 0 Å². The van der Waals surface area contributed by atoms with Crippen LogP contribution in [0.4, 0.5) is 0 Å². The van der Waals surface area contributed by atoms with Crippen LogP contribution in [0.25, 0.3) is 0 Å². The lowest BCUT2D eigenvalue weighted by molar-refractivity contribution is -0.347. The maximum Gasteiger partial charge on any atom is 0.187 e. The minimum Gasteiger partial charge on any atom is -0.394 e. The number of aliphatic hydroxyl groups is 10. The van der Waals surface area contributed by atoms with E-state index in [0.29, 0.717) is 38.5 Å². The second-order valence-electron chi connectivity index (χ2n) is 12.5.